The first-order valence-electron chi connectivity index (χ1n) is 7.41. The summed E-state index contributed by atoms with van der Waals surface area (Å²) in [4.78, 5) is 26.6. The molecule has 0 aliphatic rings. The van der Waals surface area contributed by atoms with Gasteiger partial charge in [0.05, 0.1) is 28.0 Å². The van der Waals surface area contributed by atoms with Crippen molar-refractivity contribution in [3.05, 3.63) is 64.2 Å². The van der Waals surface area contributed by atoms with Gasteiger partial charge in [-0.2, -0.15) is 13.2 Å². The van der Waals surface area contributed by atoms with Crippen LogP contribution in [0.5, 0.6) is 0 Å². The lowest BCUT2D eigenvalue weighted by atomic mass is 10.2. The molecule has 3 rings (SSSR count). The summed E-state index contributed by atoms with van der Waals surface area (Å²) in [5.41, 5.74) is -1.50. The van der Waals surface area contributed by atoms with Crippen LogP contribution in [0.1, 0.15) is 5.56 Å². The summed E-state index contributed by atoms with van der Waals surface area (Å²) in [6.07, 6.45) is -3.50. The molecule has 0 aliphatic heterocycles. The Hall–Kier alpha value is -3.50. The number of hydrogen-bond acceptors (Lipinski definition) is 4. The Labute approximate surface area is 148 Å². The predicted octanol–water partition coefficient (Wildman–Crippen LogP) is 3.74. The molecule has 0 saturated heterocycles. The van der Waals surface area contributed by atoms with Crippen molar-refractivity contribution in [2.45, 2.75) is 12.7 Å². The second-order valence-corrected chi connectivity index (χ2v) is 5.52. The van der Waals surface area contributed by atoms with E-state index in [9.17, 15) is 32.5 Å². The minimum absolute atomic E-state index is 0.102. The number of fused-ring (bicyclic) bond motifs is 1. The molecule has 0 bridgehead atoms. The summed E-state index contributed by atoms with van der Waals surface area (Å²) in [7, 11) is 0. The van der Waals surface area contributed by atoms with Crippen LogP contribution in [0.25, 0.3) is 11.0 Å². The number of nitrogens with one attached hydrogen (secondary N) is 1. The maximum atomic E-state index is 13.8. The molecular formula is C16H10F4N4O3. The Balaban J connectivity index is 1.83. The van der Waals surface area contributed by atoms with Gasteiger partial charge in [0.25, 0.3) is 5.69 Å². The smallest absolute Gasteiger partial charge is 0.322 e. The molecule has 0 spiro atoms. The first-order valence-corrected chi connectivity index (χ1v) is 7.41. The number of amides is 1. The van der Waals surface area contributed by atoms with E-state index in [0.717, 1.165) is 6.07 Å². The van der Waals surface area contributed by atoms with Crippen LogP contribution in [0.4, 0.5) is 28.9 Å². The number of nitrogens with zero attached hydrogens (tertiary/aromatic N) is 3. The van der Waals surface area contributed by atoms with E-state index in [1.807, 2.05) is 0 Å². The van der Waals surface area contributed by atoms with E-state index in [1.165, 1.54) is 29.1 Å². The molecule has 3 aromatic rings. The summed E-state index contributed by atoms with van der Waals surface area (Å²) in [5.74, 6) is -2.04. The van der Waals surface area contributed by atoms with Crippen molar-refractivity contribution in [2.24, 2.45) is 0 Å². The standard InChI is InChI=1S/C16H10F4N4O3/c17-10-6-9(16(18,19)20)4-5-11(10)22-14(25)7-23-8-21-12-2-1-3-13(15(12)23)24(26)27/h1-6,8H,7H2,(H,22,25). The van der Waals surface area contributed by atoms with Crippen LogP contribution in [-0.4, -0.2) is 20.4 Å². The SMILES string of the molecule is O=C(Cn1cnc2cccc([N+](=O)[O-])c21)Nc1ccc(C(F)(F)F)cc1F. The van der Waals surface area contributed by atoms with E-state index in [2.05, 4.69) is 10.3 Å². The van der Waals surface area contributed by atoms with Gasteiger partial charge in [-0.1, -0.05) is 6.07 Å². The number of rotatable bonds is 4. The number of alkyl halides is 3. The number of carbonyl (C=O) groups is 1. The highest BCUT2D eigenvalue weighted by Crippen LogP contribution is 2.31. The van der Waals surface area contributed by atoms with Gasteiger partial charge in [-0.05, 0) is 24.3 Å². The second-order valence-electron chi connectivity index (χ2n) is 5.52. The van der Waals surface area contributed by atoms with Crippen molar-refractivity contribution in [1.29, 1.82) is 0 Å². The highest BCUT2D eigenvalue weighted by molar-refractivity contribution is 5.93. The fraction of sp³-hybridized carbons (Fsp3) is 0.125. The minimum Gasteiger partial charge on any atom is -0.322 e. The van der Waals surface area contributed by atoms with Crippen molar-refractivity contribution in [2.75, 3.05) is 5.32 Å². The van der Waals surface area contributed by atoms with Gasteiger partial charge in [0.15, 0.2) is 0 Å². The summed E-state index contributed by atoms with van der Waals surface area (Å²) in [6.45, 7) is -0.443. The van der Waals surface area contributed by atoms with Gasteiger partial charge in [0.2, 0.25) is 5.91 Å². The third kappa shape index (κ3) is 3.71. The van der Waals surface area contributed by atoms with Gasteiger partial charge in [-0.25, -0.2) is 9.37 Å². The lowest BCUT2D eigenvalue weighted by molar-refractivity contribution is -0.383. The highest BCUT2D eigenvalue weighted by Gasteiger charge is 2.31. The normalized spacial score (nSPS) is 11.6. The van der Waals surface area contributed by atoms with Gasteiger partial charge in [-0.15, -0.1) is 0 Å². The van der Waals surface area contributed by atoms with Gasteiger partial charge < -0.3 is 9.88 Å². The Morgan fingerprint density at radius 2 is 2.00 bits per heavy atom. The van der Waals surface area contributed by atoms with E-state index < -0.39 is 40.6 Å². The van der Waals surface area contributed by atoms with Crippen LogP contribution in [0.2, 0.25) is 0 Å². The van der Waals surface area contributed by atoms with E-state index in [-0.39, 0.29) is 22.8 Å². The number of para-hydroxylation sites is 1. The van der Waals surface area contributed by atoms with Gasteiger partial charge in [0.1, 0.15) is 17.9 Å². The number of halogens is 4. The molecule has 0 radical (unpaired) electrons. The van der Waals surface area contributed by atoms with Crippen molar-refractivity contribution < 1.29 is 27.3 Å². The minimum atomic E-state index is -4.71. The van der Waals surface area contributed by atoms with Crippen LogP contribution in [0.3, 0.4) is 0 Å². The second kappa shape index (κ2) is 6.67. The predicted molar refractivity (Wildman–Crippen MR) is 86.4 cm³/mol. The molecule has 1 N–H and O–H groups in total. The third-order valence-electron chi connectivity index (χ3n) is 3.70. The molecule has 0 fully saturated rings. The van der Waals surface area contributed by atoms with Gasteiger partial charge >= 0.3 is 6.18 Å². The van der Waals surface area contributed by atoms with Crippen molar-refractivity contribution in [3.8, 4) is 0 Å². The molecule has 1 aromatic heterocycles. The van der Waals surface area contributed by atoms with Crippen LogP contribution in [0.15, 0.2) is 42.7 Å². The van der Waals surface area contributed by atoms with Gasteiger partial charge in [-0.3, -0.25) is 14.9 Å². The number of anilines is 1. The number of nitro benzene ring substituents is 1. The van der Waals surface area contributed by atoms with Crippen LogP contribution in [0, 0.1) is 15.9 Å². The summed E-state index contributed by atoms with van der Waals surface area (Å²) < 4.78 is 52.7. The molecular weight excluding hydrogens is 372 g/mol. The molecule has 0 atom stereocenters. The summed E-state index contributed by atoms with van der Waals surface area (Å²) >= 11 is 0. The summed E-state index contributed by atoms with van der Waals surface area (Å²) in [5, 5.41) is 13.3. The zero-order chi connectivity index (χ0) is 19.8. The van der Waals surface area contributed by atoms with Crippen LogP contribution < -0.4 is 5.32 Å². The Kier molecular flexibility index (Phi) is 4.52. The number of carbonyl (C=O) groups excluding carboxylic acids is 1. The van der Waals surface area contributed by atoms with Gasteiger partial charge in [0, 0.05) is 6.07 Å². The zero-order valence-corrected chi connectivity index (χ0v) is 13.3. The van der Waals surface area contributed by atoms with E-state index in [1.54, 1.807) is 0 Å². The molecule has 0 unspecified atom stereocenters. The molecule has 1 heterocycles. The molecule has 2 aromatic carbocycles. The number of non-ortho nitro benzene ring substituents is 1. The van der Waals surface area contributed by atoms with Crippen LogP contribution in [-0.2, 0) is 17.5 Å². The van der Waals surface area contributed by atoms with Crippen molar-refractivity contribution >= 4 is 28.3 Å². The lowest BCUT2D eigenvalue weighted by Gasteiger charge is -2.11. The fourth-order valence-electron chi connectivity index (χ4n) is 2.51. The Morgan fingerprint density at radius 3 is 2.63 bits per heavy atom. The van der Waals surface area contributed by atoms with Crippen molar-refractivity contribution in [1.82, 2.24) is 9.55 Å². The van der Waals surface area contributed by atoms with E-state index in [0.29, 0.717) is 6.07 Å². The third-order valence-corrected chi connectivity index (χ3v) is 3.70. The quantitative estimate of drug-likeness (QED) is 0.423. The molecule has 11 heteroatoms. The monoisotopic (exact) mass is 382 g/mol. The molecule has 0 aliphatic carbocycles. The Morgan fingerprint density at radius 1 is 1.26 bits per heavy atom. The molecule has 7 nitrogen and oxygen atoms in total. The average molecular weight is 382 g/mol. The number of hydrogen-bond donors (Lipinski definition) is 1. The highest BCUT2D eigenvalue weighted by atomic mass is 19.4. The topological polar surface area (TPSA) is 90.1 Å². The van der Waals surface area contributed by atoms with Crippen molar-refractivity contribution in [3.63, 3.8) is 0 Å². The number of benzene rings is 2. The number of imidazole rings is 1. The maximum absolute atomic E-state index is 13.8. The number of aromatic nitrogens is 2. The lowest BCUT2D eigenvalue weighted by Crippen LogP contribution is -2.19. The molecule has 1 amide bonds. The molecule has 27 heavy (non-hydrogen) atoms. The maximum Gasteiger partial charge on any atom is 0.416 e. The number of nitro groups is 1. The zero-order valence-electron chi connectivity index (χ0n) is 13.3. The Bertz CT molecular complexity index is 1050. The summed E-state index contributed by atoms with van der Waals surface area (Å²) in [6, 6.07) is 5.91. The van der Waals surface area contributed by atoms with E-state index in [4.69, 9.17) is 0 Å². The average Bonchev–Trinajstić information content (AvgIpc) is 2.98. The fourth-order valence-corrected chi connectivity index (χ4v) is 2.51. The molecule has 140 valence electrons. The first kappa shape index (κ1) is 18.3. The largest absolute Gasteiger partial charge is 0.416 e. The first-order chi connectivity index (χ1) is 12.7. The van der Waals surface area contributed by atoms with E-state index >= 15 is 0 Å². The molecule has 0 saturated carbocycles. The van der Waals surface area contributed by atoms with Crippen LogP contribution >= 0.6 is 0 Å².